The summed E-state index contributed by atoms with van der Waals surface area (Å²) in [5, 5.41) is 0. The fourth-order valence-electron chi connectivity index (χ4n) is 4.34. The Labute approximate surface area is 152 Å². The Morgan fingerprint density at radius 3 is 2.69 bits per heavy atom. The molecule has 4 heterocycles. The van der Waals surface area contributed by atoms with Crippen LogP contribution in [-0.4, -0.2) is 50.5 Å². The van der Waals surface area contributed by atoms with Crippen LogP contribution in [0.25, 0.3) is 11.2 Å². The minimum absolute atomic E-state index is 0.286. The molecule has 0 amide bonds. The molecule has 0 aliphatic carbocycles. The van der Waals surface area contributed by atoms with Gasteiger partial charge in [-0.25, -0.2) is 4.98 Å². The summed E-state index contributed by atoms with van der Waals surface area (Å²) in [6.07, 6.45) is 5.09. The van der Waals surface area contributed by atoms with E-state index >= 15 is 0 Å². The number of benzene rings is 1. The SMILES string of the molecule is Nc1nc(N2CCC(N3CCc4ccccc4C3)CC2)c2[nH]cnc2n1. The highest BCUT2D eigenvalue weighted by Gasteiger charge is 2.28. The molecule has 2 aliphatic rings. The summed E-state index contributed by atoms with van der Waals surface area (Å²) < 4.78 is 0. The predicted octanol–water partition coefficient (Wildman–Crippen LogP) is 1.96. The molecule has 0 saturated carbocycles. The number of H-pyrrole nitrogens is 1. The molecule has 2 aromatic heterocycles. The summed E-state index contributed by atoms with van der Waals surface area (Å²) in [7, 11) is 0. The van der Waals surface area contributed by atoms with Crippen molar-refractivity contribution >= 4 is 22.9 Å². The van der Waals surface area contributed by atoms with Gasteiger partial charge in [0.15, 0.2) is 11.5 Å². The molecule has 26 heavy (non-hydrogen) atoms. The van der Waals surface area contributed by atoms with Crippen LogP contribution in [-0.2, 0) is 13.0 Å². The number of anilines is 2. The van der Waals surface area contributed by atoms with Crippen LogP contribution < -0.4 is 10.6 Å². The maximum atomic E-state index is 5.87. The fraction of sp³-hybridized carbons (Fsp3) is 0.421. The fourth-order valence-corrected chi connectivity index (χ4v) is 4.34. The topological polar surface area (TPSA) is 87.0 Å². The zero-order chi connectivity index (χ0) is 17.5. The number of rotatable bonds is 2. The van der Waals surface area contributed by atoms with Crippen molar-refractivity contribution in [2.24, 2.45) is 0 Å². The summed E-state index contributed by atoms with van der Waals surface area (Å²) >= 11 is 0. The second-order valence-corrected chi connectivity index (χ2v) is 7.21. The van der Waals surface area contributed by atoms with E-state index in [4.69, 9.17) is 5.73 Å². The van der Waals surface area contributed by atoms with E-state index < -0.39 is 0 Å². The zero-order valence-electron chi connectivity index (χ0n) is 14.7. The Morgan fingerprint density at radius 1 is 1.04 bits per heavy atom. The summed E-state index contributed by atoms with van der Waals surface area (Å²) in [5.41, 5.74) is 10.4. The largest absolute Gasteiger partial charge is 0.368 e. The van der Waals surface area contributed by atoms with E-state index in [9.17, 15) is 0 Å². The molecule has 0 atom stereocenters. The number of imidazole rings is 1. The van der Waals surface area contributed by atoms with E-state index in [0.29, 0.717) is 11.7 Å². The van der Waals surface area contributed by atoms with Crippen LogP contribution in [0, 0.1) is 0 Å². The number of hydrogen-bond donors (Lipinski definition) is 2. The first-order chi connectivity index (χ1) is 12.8. The predicted molar refractivity (Wildman–Crippen MR) is 102 cm³/mol. The van der Waals surface area contributed by atoms with Gasteiger partial charge in [0.05, 0.1) is 6.33 Å². The van der Waals surface area contributed by atoms with Crippen LogP contribution in [0.2, 0.25) is 0 Å². The highest BCUT2D eigenvalue weighted by Crippen LogP contribution is 2.28. The van der Waals surface area contributed by atoms with E-state index in [1.54, 1.807) is 6.33 Å². The van der Waals surface area contributed by atoms with Crippen molar-refractivity contribution in [2.75, 3.05) is 30.3 Å². The molecule has 0 bridgehead atoms. The maximum absolute atomic E-state index is 5.87. The van der Waals surface area contributed by atoms with Crippen LogP contribution in [0.3, 0.4) is 0 Å². The first kappa shape index (κ1) is 15.6. The van der Waals surface area contributed by atoms with Crippen molar-refractivity contribution in [1.82, 2.24) is 24.8 Å². The molecule has 0 radical (unpaired) electrons. The van der Waals surface area contributed by atoms with E-state index in [0.717, 1.165) is 56.8 Å². The van der Waals surface area contributed by atoms with Gasteiger partial charge in [-0.3, -0.25) is 4.90 Å². The third-order valence-electron chi connectivity index (χ3n) is 5.72. The number of piperidine rings is 1. The van der Waals surface area contributed by atoms with Gasteiger partial charge in [-0.2, -0.15) is 9.97 Å². The number of aromatic nitrogens is 4. The molecular weight excluding hydrogens is 326 g/mol. The second-order valence-electron chi connectivity index (χ2n) is 7.21. The smallest absolute Gasteiger partial charge is 0.224 e. The number of nitrogens with zero attached hydrogens (tertiary/aromatic N) is 5. The third kappa shape index (κ3) is 2.68. The molecule has 3 aromatic rings. The molecular formula is C19H23N7. The zero-order valence-corrected chi connectivity index (χ0v) is 14.7. The Morgan fingerprint density at radius 2 is 1.85 bits per heavy atom. The molecule has 2 aliphatic heterocycles. The Bertz CT molecular complexity index is 927. The molecule has 0 unspecified atom stereocenters. The van der Waals surface area contributed by atoms with Gasteiger partial charge < -0.3 is 15.6 Å². The first-order valence-corrected chi connectivity index (χ1v) is 9.30. The Balaban J connectivity index is 1.30. The lowest BCUT2D eigenvalue weighted by Gasteiger charge is -2.41. The van der Waals surface area contributed by atoms with Gasteiger partial charge in [0.25, 0.3) is 0 Å². The van der Waals surface area contributed by atoms with Crippen molar-refractivity contribution in [2.45, 2.75) is 31.8 Å². The molecule has 0 spiro atoms. The third-order valence-corrected chi connectivity index (χ3v) is 5.72. The van der Waals surface area contributed by atoms with Crippen LogP contribution >= 0.6 is 0 Å². The molecule has 7 heteroatoms. The maximum Gasteiger partial charge on any atom is 0.224 e. The molecule has 5 rings (SSSR count). The van der Waals surface area contributed by atoms with Crippen molar-refractivity contribution < 1.29 is 0 Å². The molecule has 1 saturated heterocycles. The van der Waals surface area contributed by atoms with Crippen molar-refractivity contribution in [3.8, 4) is 0 Å². The van der Waals surface area contributed by atoms with E-state index in [1.807, 2.05) is 0 Å². The van der Waals surface area contributed by atoms with Crippen molar-refractivity contribution in [3.05, 3.63) is 41.7 Å². The lowest BCUT2D eigenvalue weighted by Crippen LogP contribution is -2.46. The quantitative estimate of drug-likeness (QED) is 0.735. The number of nitrogens with two attached hydrogens (primary N) is 1. The average molecular weight is 349 g/mol. The van der Waals surface area contributed by atoms with Crippen LogP contribution in [0.5, 0.6) is 0 Å². The van der Waals surface area contributed by atoms with E-state index in [2.05, 4.69) is 54.0 Å². The minimum Gasteiger partial charge on any atom is -0.368 e. The molecule has 7 nitrogen and oxygen atoms in total. The summed E-state index contributed by atoms with van der Waals surface area (Å²) in [6, 6.07) is 9.48. The standard InChI is InChI=1S/C19H23N7/c20-19-23-17-16(21-12-22-17)18(24-19)25-9-6-15(7-10-25)26-8-5-13-3-1-2-4-14(13)11-26/h1-4,12,15H,5-11H2,(H3,20,21,22,23,24). The number of aromatic amines is 1. The van der Waals surface area contributed by atoms with Gasteiger partial charge in [-0.05, 0) is 30.4 Å². The highest BCUT2D eigenvalue weighted by molar-refractivity contribution is 5.84. The van der Waals surface area contributed by atoms with Crippen molar-refractivity contribution in [3.63, 3.8) is 0 Å². The number of hydrogen-bond acceptors (Lipinski definition) is 6. The Hall–Kier alpha value is -2.67. The summed E-state index contributed by atoms with van der Waals surface area (Å²) in [4.78, 5) is 21.0. The van der Waals surface area contributed by atoms with Gasteiger partial charge in [-0.1, -0.05) is 24.3 Å². The summed E-state index contributed by atoms with van der Waals surface area (Å²) in [6.45, 7) is 4.19. The Kier molecular flexibility index (Phi) is 3.74. The second kappa shape index (κ2) is 6.25. The van der Waals surface area contributed by atoms with Gasteiger partial charge >= 0.3 is 0 Å². The minimum atomic E-state index is 0.286. The summed E-state index contributed by atoms with van der Waals surface area (Å²) in [5.74, 6) is 1.17. The first-order valence-electron chi connectivity index (χ1n) is 9.30. The molecule has 3 N–H and O–H groups in total. The molecule has 1 fully saturated rings. The average Bonchev–Trinajstić information content (AvgIpc) is 3.15. The highest BCUT2D eigenvalue weighted by atomic mass is 15.3. The van der Waals surface area contributed by atoms with Gasteiger partial charge in [0, 0.05) is 32.2 Å². The number of nitrogens with one attached hydrogen (secondary N) is 1. The monoisotopic (exact) mass is 349 g/mol. The van der Waals surface area contributed by atoms with Gasteiger partial charge in [0.1, 0.15) is 5.52 Å². The number of fused-ring (bicyclic) bond motifs is 2. The lowest BCUT2D eigenvalue weighted by molar-refractivity contribution is 0.153. The van der Waals surface area contributed by atoms with Crippen molar-refractivity contribution in [1.29, 1.82) is 0 Å². The molecule has 1 aromatic carbocycles. The van der Waals surface area contributed by atoms with E-state index in [-0.39, 0.29) is 5.95 Å². The van der Waals surface area contributed by atoms with Crippen LogP contribution in [0.1, 0.15) is 24.0 Å². The van der Waals surface area contributed by atoms with Gasteiger partial charge in [-0.15, -0.1) is 0 Å². The number of nitrogen functional groups attached to an aromatic ring is 1. The lowest BCUT2D eigenvalue weighted by atomic mass is 9.95. The van der Waals surface area contributed by atoms with Gasteiger partial charge in [0.2, 0.25) is 5.95 Å². The van der Waals surface area contributed by atoms with E-state index in [1.165, 1.54) is 11.1 Å². The van der Waals surface area contributed by atoms with Crippen LogP contribution in [0.4, 0.5) is 11.8 Å². The normalized spacial score (nSPS) is 19.0. The van der Waals surface area contributed by atoms with Crippen LogP contribution in [0.15, 0.2) is 30.6 Å². The molecule has 134 valence electrons.